The molecule has 1 aromatic carbocycles. The first kappa shape index (κ1) is 16.4. The molecule has 0 aliphatic heterocycles. The van der Waals surface area contributed by atoms with Crippen molar-refractivity contribution in [1.29, 1.82) is 0 Å². The van der Waals surface area contributed by atoms with Crippen LogP contribution in [0.1, 0.15) is 16.1 Å². The minimum atomic E-state index is -3.83. The van der Waals surface area contributed by atoms with Crippen LogP contribution in [0.2, 0.25) is 0 Å². The highest BCUT2D eigenvalue weighted by Gasteiger charge is 2.17. The van der Waals surface area contributed by atoms with Crippen molar-refractivity contribution in [3.63, 3.8) is 0 Å². The van der Waals surface area contributed by atoms with Gasteiger partial charge in [0.15, 0.2) is 12.4 Å². The Hall–Kier alpha value is -2.49. The summed E-state index contributed by atoms with van der Waals surface area (Å²) in [6.07, 6.45) is 0. The number of esters is 1. The van der Waals surface area contributed by atoms with Gasteiger partial charge in [-0.2, -0.15) is 0 Å². The SMILES string of the molecule is NS(=O)(=O)c1cc(C(=O)OCc2cc(-c3ccccc3)no2)cs1. The average molecular weight is 364 g/mol. The van der Waals surface area contributed by atoms with Crippen LogP contribution in [0, 0.1) is 0 Å². The van der Waals surface area contributed by atoms with E-state index < -0.39 is 16.0 Å². The molecule has 7 nitrogen and oxygen atoms in total. The monoisotopic (exact) mass is 364 g/mol. The van der Waals surface area contributed by atoms with Crippen molar-refractivity contribution >= 4 is 27.3 Å². The normalized spacial score (nSPS) is 11.4. The maximum atomic E-state index is 11.9. The summed E-state index contributed by atoms with van der Waals surface area (Å²) in [6, 6.07) is 12.3. The van der Waals surface area contributed by atoms with Crippen molar-refractivity contribution in [2.75, 3.05) is 0 Å². The molecule has 3 aromatic rings. The second-order valence-electron chi connectivity index (χ2n) is 4.82. The number of benzene rings is 1. The number of hydrogen-bond acceptors (Lipinski definition) is 7. The number of rotatable bonds is 5. The molecule has 24 heavy (non-hydrogen) atoms. The molecule has 2 heterocycles. The molecule has 2 N–H and O–H groups in total. The lowest BCUT2D eigenvalue weighted by molar-refractivity contribution is 0.0438. The van der Waals surface area contributed by atoms with E-state index in [1.54, 1.807) is 6.07 Å². The predicted octanol–water partition coefficient (Wildman–Crippen LogP) is 2.41. The topological polar surface area (TPSA) is 112 Å². The fourth-order valence-corrected chi connectivity index (χ4v) is 3.49. The number of sulfonamides is 1. The van der Waals surface area contributed by atoms with E-state index in [4.69, 9.17) is 14.4 Å². The molecule has 0 aliphatic rings. The second kappa shape index (κ2) is 6.56. The third-order valence-corrected chi connectivity index (χ3v) is 5.45. The Balaban J connectivity index is 1.65. The molecule has 2 aromatic heterocycles. The van der Waals surface area contributed by atoms with Crippen LogP contribution < -0.4 is 5.14 Å². The lowest BCUT2D eigenvalue weighted by Crippen LogP contribution is -2.10. The van der Waals surface area contributed by atoms with Crippen LogP contribution >= 0.6 is 11.3 Å². The summed E-state index contributed by atoms with van der Waals surface area (Å²) in [4.78, 5) is 11.9. The van der Waals surface area contributed by atoms with Gasteiger partial charge in [0.05, 0.1) is 5.56 Å². The van der Waals surface area contributed by atoms with Crippen LogP contribution in [0.25, 0.3) is 11.3 Å². The van der Waals surface area contributed by atoms with Crippen molar-refractivity contribution in [2.24, 2.45) is 5.14 Å². The molecule has 0 unspecified atom stereocenters. The first-order valence-corrected chi connectivity index (χ1v) is 9.15. The summed E-state index contributed by atoms with van der Waals surface area (Å²) in [5.41, 5.74) is 1.63. The summed E-state index contributed by atoms with van der Waals surface area (Å²) in [7, 11) is -3.83. The number of carbonyl (C=O) groups excluding carboxylic acids is 1. The highest BCUT2D eigenvalue weighted by Crippen LogP contribution is 2.21. The molecule has 0 spiro atoms. The lowest BCUT2D eigenvalue weighted by Gasteiger charge is -1.99. The van der Waals surface area contributed by atoms with Crippen LogP contribution in [-0.4, -0.2) is 19.5 Å². The van der Waals surface area contributed by atoms with E-state index in [-0.39, 0.29) is 16.4 Å². The summed E-state index contributed by atoms with van der Waals surface area (Å²) in [5.74, 6) is -0.289. The van der Waals surface area contributed by atoms with Crippen LogP contribution in [-0.2, 0) is 21.4 Å². The van der Waals surface area contributed by atoms with Gasteiger partial charge >= 0.3 is 5.97 Å². The van der Waals surface area contributed by atoms with Crippen LogP contribution in [0.3, 0.4) is 0 Å². The van der Waals surface area contributed by atoms with E-state index in [0.29, 0.717) is 11.5 Å². The minimum absolute atomic E-state index is 0.0968. The van der Waals surface area contributed by atoms with Gasteiger partial charge in [-0.3, -0.25) is 0 Å². The summed E-state index contributed by atoms with van der Waals surface area (Å²) >= 11 is 0.858. The number of primary sulfonamides is 1. The van der Waals surface area contributed by atoms with Gasteiger partial charge in [0.2, 0.25) is 10.0 Å². The molecule has 0 saturated carbocycles. The zero-order valence-electron chi connectivity index (χ0n) is 12.2. The Labute approximate surface area is 141 Å². The van der Waals surface area contributed by atoms with E-state index in [9.17, 15) is 13.2 Å². The molecule has 9 heteroatoms. The Morgan fingerprint density at radius 1 is 1.25 bits per heavy atom. The van der Waals surface area contributed by atoms with Crippen molar-refractivity contribution in [3.05, 3.63) is 59.2 Å². The molecule has 0 radical (unpaired) electrons. The fraction of sp³-hybridized carbons (Fsp3) is 0.0667. The van der Waals surface area contributed by atoms with E-state index in [1.807, 2.05) is 30.3 Å². The standard InChI is InChI=1S/C15H12N2O5S2/c16-24(19,20)14-6-11(9-23-14)15(18)21-8-12-7-13(17-22-12)10-4-2-1-3-5-10/h1-7,9H,8H2,(H2,16,19,20). The first-order chi connectivity index (χ1) is 11.4. The number of hydrogen-bond donors (Lipinski definition) is 1. The van der Waals surface area contributed by atoms with E-state index >= 15 is 0 Å². The lowest BCUT2D eigenvalue weighted by atomic mass is 10.1. The van der Waals surface area contributed by atoms with Crippen LogP contribution in [0.5, 0.6) is 0 Å². The van der Waals surface area contributed by atoms with E-state index in [1.165, 1.54) is 11.4 Å². The number of aromatic nitrogens is 1. The van der Waals surface area contributed by atoms with Gasteiger partial charge in [-0.15, -0.1) is 11.3 Å². The van der Waals surface area contributed by atoms with Crippen molar-refractivity contribution in [3.8, 4) is 11.3 Å². The average Bonchev–Trinajstić information content (AvgIpc) is 3.22. The second-order valence-corrected chi connectivity index (χ2v) is 7.52. The Morgan fingerprint density at radius 3 is 2.67 bits per heavy atom. The van der Waals surface area contributed by atoms with Gasteiger partial charge in [0.25, 0.3) is 0 Å². The molecule has 0 bridgehead atoms. The zero-order chi connectivity index (χ0) is 17.2. The molecular weight excluding hydrogens is 352 g/mol. The Morgan fingerprint density at radius 2 is 2.00 bits per heavy atom. The fourth-order valence-electron chi connectivity index (χ4n) is 1.92. The molecular formula is C15H12N2O5S2. The van der Waals surface area contributed by atoms with Crippen LogP contribution in [0.15, 0.2) is 56.6 Å². The Kier molecular flexibility index (Phi) is 4.47. The predicted molar refractivity (Wildman–Crippen MR) is 86.8 cm³/mol. The summed E-state index contributed by atoms with van der Waals surface area (Å²) in [6.45, 7) is -0.112. The summed E-state index contributed by atoms with van der Waals surface area (Å²) in [5, 5.41) is 10.3. The Bertz CT molecular complexity index is 961. The quantitative estimate of drug-likeness (QED) is 0.696. The van der Waals surface area contributed by atoms with E-state index in [0.717, 1.165) is 16.9 Å². The highest BCUT2D eigenvalue weighted by molar-refractivity contribution is 7.91. The minimum Gasteiger partial charge on any atom is -0.454 e. The number of ether oxygens (including phenoxy) is 1. The third-order valence-electron chi connectivity index (χ3n) is 3.07. The highest BCUT2D eigenvalue weighted by atomic mass is 32.2. The maximum Gasteiger partial charge on any atom is 0.339 e. The van der Waals surface area contributed by atoms with Gasteiger partial charge in [0, 0.05) is 17.0 Å². The van der Waals surface area contributed by atoms with Crippen LogP contribution in [0.4, 0.5) is 0 Å². The van der Waals surface area contributed by atoms with Crippen molar-refractivity contribution in [2.45, 2.75) is 10.8 Å². The smallest absolute Gasteiger partial charge is 0.339 e. The maximum absolute atomic E-state index is 11.9. The molecule has 124 valence electrons. The summed E-state index contributed by atoms with van der Waals surface area (Å²) < 4.78 is 32.5. The molecule has 0 amide bonds. The number of nitrogens with two attached hydrogens (primary N) is 1. The van der Waals surface area contributed by atoms with E-state index in [2.05, 4.69) is 5.16 Å². The molecule has 0 fully saturated rings. The number of thiophene rings is 1. The number of carbonyl (C=O) groups is 1. The molecule has 0 saturated heterocycles. The van der Waals surface area contributed by atoms with Gasteiger partial charge < -0.3 is 9.26 Å². The van der Waals surface area contributed by atoms with Gasteiger partial charge in [0.1, 0.15) is 9.90 Å². The number of nitrogens with zero attached hydrogens (tertiary/aromatic N) is 1. The first-order valence-electron chi connectivity index (χ1n) is 6.73. The molecule has 0 aliphatic carbocycles. The molecule has 0 atom stereocenters. The van der Waals surface area contributed by atoms with Gasteiger partial charge in [-0.05, 0) is 6.07 Å². The third kappa shape index (κ3) is 3.70. The van der Waals surface area contributed by atoms with Crippen molar-refractivity contribution in [1.82, 2.24) is 5.16 Å². The van der Waals surface area contributed by atoms with Gasteiger partial charge in [-0.25, -0.2) is 18.4 Å². The zero-order valence-corrected chi connectivity index (χ0v) is 13.8. The van der Waals surface area contributed by atoms with Gasteiger partial charge in [-0.1, -0.05) is 35.5 Å². The largest absolute Gasteiger partial charge is 0.454 e. The molecule has 3 rings (SSSR count). The van der Waals surface area contributed by atoms with Crippen molar-refractivity contribution < 1.29 is 22.5 Å².